The van der Waals surface area contributed by atoms with Crippen molar-refractivity contribution < 1.29 is 23.9 Å². The Morgan fingerprint density at radius 3 is 2.65 bits per heavy atom. The van der Waals surface area contributed by atoms with Gasteiger partial charge in [0.05, 0.1) is 19.3 Å². The number of fused-ring (bicyclic) bond motifs is 1. The number of cyclic esters (lactones) is 1. The molecule has 164 valence electrons. The summed E-state index contributed by atoms with van der Waals surface area (Å²) in [6, 6.07) is 14.0. The Morgan fingerprint density at radius 2 is 1.94 bits per heavy atom. The second-order valence-corrected chi connectivity index (χ2v) is 8.17. The van der Waals surface area contributed by atoms with Gasteiger partial charge in [-0.25, -0.2) is 4.79 Å². The third-order valence-corrected chi connectivity index (χ3v) is 6.04. The molecule has 0 aromatic heterocycles. The molecule has 2 aromatic rings. The van der Waals surface area contributed by atoms with Gasteiger partial charge in [0.2, 0.25) is 0 Å². The van der Waals surface area contributed by atoms with Crippen LogP contribution in [0, 0.1) is 0 Å². The summed E-state index contributed by atoms with van der Waals surface area (Å²) in [6.07, 6.45) is 4.28. The number of unbranched alkanes of at least 4 members (excludes halogenated alkanes) is 1. The van der Waals surface area contributed by atoms with Crippen LogP contribution in [0.15, 0.2) is 42.5 Å². The molecule has 6 nitrogen and oxygen atoms in total. The lowest BCUT2D eigenvalue weighted by Crippen LogP contribution is -2.28. The quantitative estimate of drug-likeness (QED) is 0.488. The van der Waals surface area contributed by atoms with Crippen LogP contribution in [0.4, 0.5) is 10.5 Å². The molecule has 4 rings (SSSR count). The molecule has 0 spiro atoms. The van der Waals surface area contributed by atoms with Gasteiger partial charge in [-0.05, 0) is 73.0 Å². The molecule has 0 aliphatic carbocycles. The van der Waals surface area contributed by atoms with Gasteiger partial charge in [0.25, 0.3) is 0 Å². The SMILES string of the molecule is CCC1CN(c2ccc(CCCCOc3ccc4c(c3)B(O)O[C@@H]4CC)cc2)C(=O)O1. The number of nitrogens with zero attached hydrogens (tertiary/aromatic N) is 1. The van der Waals surface area contributed by atoms with Gasteiger partial charge in [-0.2, -0.15) is 0 Å². The van der Waals surface area contributed by atoms with Gasteiger partial charge in [-0.1, -0.05) is 32.0 Å². The lowest BCUT2D eigenvalue weighted by Gasteiger charge is -2.13. The number of ether oxygens (including phenoxy) is 2. The van der Waals surface area contributed by atoms with Crippen molar-refractivity contribution in [3.8, 4) is 5.75 Å². The van der Waals surface area contributed by atoms with E-state index in [-0.39, 0.29) is 18.3 Å². The summed E-state index contributed by atoms with van der Waals surface area (Å²) in [6.45, 7) is 5.32. The lowest BCUT2D eigenvalue weighted by atomic mass is 9.79. The number of aryl methyl sites for hydroxylation is 1. The third-order valence-electron chi connectivity index (χ3n) is 6.04. The minimum absolute atomic E-state index is 0.0123. The van der Waals surface area contributed by atoms with Gasteiger partial charge < -0.3 is 19.2 Å². The summed E-state index contributed by atoms with van der Waals surface area (Å²) < 4.78 is 16.8. The van der Waals surface area contributed by atoms with Gasteiger partial charge in [-0.3, -0.25) is 4.90 Å². The third kappa shape index (κ3) is 4.88. The predicted octanol–water partition coefficient (Wildman–Crippen LogP) is 3.99. The van der Waals surface area contributed by atoms with E-state index in [2.05, 4.69) is 12.1 Å². The van der Waals surface area contributed by atoms with Gasteiger partial charge in [0.15, 0.2) is 0 Å². The maximum absolute atomic E-state index is 12.0. The zero-order valence-corrected chi connectivity index (χ0v) is 18.3. The van der Waals surface area contributed by atoms with Gasteiger partial charge in [0.1, 0.15) is 11.9 Å². The van der Waals surface area contributed by atoms with E-state index in [9.17, 15) is 9.82 Å². The van der Waals surface area contributed by atoms with Crippen LogP contribution in [0.3, 0.4) is 0 Å². The van der Waals surface area contributed by atoms with E-state index in [0.29, 0.717) is 13.2 Å². The van der Waals surface area contributed by atoms with Crippen molar-refractivity contribution in [2.75, 3.05) is 18.1 Å². The summed E-state index contributed by atoms with van der Waals surface area (Å²) >= 11 is 0. The van der Waals surface area contributed by atoms with Crippen molar-refractivity contribution in [3.05, 3.63) is 53.6 Å². The minimum Gasteiger partial charge on any atom is -0.494 e. The summed E-state index contributed by atoms with van der Waals surface area (Å²) in [5, 5.41) is 10.1. The van der Waals surface area contributed by atoms with Crippen molar-refractivity contribution in [2.45, 2.75) is 58.2 Å². The topological polar surface area (TPSA) is 68.2 Å². The van der Waals surface area contributed by atoms with E-state index in [4.69, 9.17) is 14.1 Å². The maximum atomic E-state index is 12.0. The highest BCUT2D eigenvalue weighted by atomic mass is 16.6. The van der Waals surface area contributed by atoms with E-state index >= 15 is 0 Å². The molecule has 0 radical (unpaired) electrons. The van der Waals surface area contributed by atoms with Crippen molar-refractivity contribution in [3.63, 3.8) is 0 Å². The number of benzene rings is 2. The fraction of sp³-hybridized carbons (Fsp3) is 0.458. The van der Waals surface area contributed by atoms with Crippen molar-refractivity contribution in [1.82, 2.24) is 0 Å². The Balaban J connectivity index is 1.21. The average Bonchev–Trinajstić information content (AvgIpc) is 3.33. The molecular formula is C24H30BNO5. The number of rotatable bonds is 9. The zero-order chi connectivity index (χ0) is 21.8. The van der Waals surface area contributed by atoms with Gasteiger partial charge in [-0.15, -0.1) is 0 Å². The highest BCUT2D eigenvalue weighted by Gasteiger charge is 2.34. The molecule has 1 amide bonds. The van der Waals surface area contributed by atoms with Crippen LogP contribution in [0.5, 0.6) is 5.75 Å². The second-order valence-electron chi connectivity index (χ2n) is 8.17. The first-order chi connectivity index (χ1) is 15.1. The molecule has 2 aromatic carbocycles. The fourth-order valence-corrected chi connectivity index (χ4v) is 4.18. The van der Waals surface area contributed by atoms with Crippen LogP contribution in [-0.2, 0) is 15.8 Å². The summed E-state index contributed by atoms with van der Waals surface area (Å²) in [4.78, 5) is 13.7. The number of carbonyl (C=O) groups excluding carboxylic acids is 1. The minimum atomic E-state index is -0.859. The summed E-state index contributed by atoms with van der Waals surface area (Å²) in [5.41, 5.74) is 4.00. The van der Waals surface area contributed by atoms with Crippen molar-refractivity contribution >= 4 is 24.4 Å². The number of hydrogen-bond donors (Lipinski definition) is 1. The van der Waals surface area contributed by atoms with E-state index in [1.807, 2.05) is 44.2 Å². The second kappa shape index (κ2) is 9.75. The highest BCUT2D eigenvalue weighted by molar-refractivity contribution is 6.61. The summed E-state index contributed by atoms with van der Waals surface area (Å²) in [5.74, 6) is 0.769. The van der Waals surface area contributed by atoms with Crippen LogP contribution in [0.25, 0.3) is 0 Å². The smallest absolute Gasteiger partial charge is 0.492 e. The largest absolute Gasteiger partial charge is 0.494 e. The van der Waals surface area contributed by atoms with Crippen LogP contribution in [-0.4, -0.2) is 37.5 Å². The Labute approximate surface area is 184 Å². The van der Waals surface area contributed by atoms with Crippen molar-refractivity contribution in [1.29, 1.82) is 0 Å². The molecule has 0 saturated carbocycles. The molecule has 2 heterocycles. The van der Waals surface area contributed by atoms with E-state index < -0.39 is 7.12 Å². The first-order valence-corrected chi connectivity index (χ1v) is 11.3. The van der Waals surface area contributed by atoms with Gasteiger partial charge >= 0.3 is 13.2 Å². The molecule has 1 unspecified atom stereocenters. The summed E-state index contributed by atoms with van der Waals surface area (Å²) in [7, 11) is -0.859. The molecule has 1 fully saturated rings. The average molecular weight is 423 g/mol. The highest BCUT2D eigenvalue weighted by Crippen LogP contribution is 2.28. The van der Waals surface area contributed by atoms with E-state index in [0.717, 1.165) is 54.6 Å². The molecule has 2 atom stereocenters. The zero-order valence-electron chi connectivity index (χ0n) is 18.3. The number of anilines is 1. The number of amides is 1. The normalized spacial score (nSPS) is 20.2. The Bertz CT molecular complexity index is 903. The van der Waals surface area contributed by atoms with Gasteiger partial charge in [0, 0.05) is 5.69 Å². The number of hydrogen-bond acceptors (Lipinski definition) is 5. The lowest BCUT2D eigenvalue weighted by molar-refractivity contribution is 0.139. The standard InChI is InChI=1S/C24H30BNO5/c1-3-19-16-26(24(27)30-19)18-10-8-17(9-11-18)7-5-6-14-29-20-12-13-21-22(15-20)25(28)31-23(21)4-2/h8-13,15,19,23,28H,3-7,14,16H2,1-2H3/t19?,23-/m1/s1. The van der Waals surface area contributed by atoms with Crippen LogP contribution in [0.2, 0.25) is 0 Å². The number of carbonyl (C=O) groups is 1. The maximum Gasteiger partial charge on any atom is 0.492 e. The van der Waals surface area contributed by atoms with E-state index in [1.54, 1.807) is 4.90 Å². The molecule has 31 heavy (non-hydrogen) atoms. The van der Waals surface area contributed by atoms with Crippen LogP contribution >= 0.6 is 0 Å². The van der Waals surface area contributed by atoms with E-state index in [1.165, 1.54) is 5.56 Å². The molecule has 1 N–H and O–H groups in total. The van der Waals surface area contributed by atoms with Crippen LogP contribution < -0.4 is 15.1 Å². The Kier molecular flexibility index (Phi) is 6.83. The Morgan fingerprint density at radius 1 is 1.13 bits per heavy atom. The van der Waals surface area contributed by atoms with Crippen LogP contribution in [0.1, 0.15) is 56.8 Å². The molecule has 7 heteroatoms. The molecule has 2 aliphatic rings. The first kappa shape index (κ1) is 21.7. The molecular weight excluding hydrogens is 393 g/mol. The Hall–Kier alpha value is -2.51. The predicted molar refractivity (Wildman–Crippen MR) is 121 cm³/mol. The first-order valence-electron chi connectivity index (χ1n) is 11.3. The van der Waals surface area contributed by atoms with Crippen molar-refractivity contribution in [2.24, 2.45) is 0 Å². The monoisotopic (exact) mass is 423 g/mol. The molecule has 1 saturated heterocycles. The molecule has 0 bridgehead atoms. The molecule has 2 aliphatic heterocycles. The fourth-order valence-electron chi connectivity index (χ4n) is 4.18.